The van der Waals surface area contributed by atoms with Crippen LogP contribution in [0.3, 0.4) is 0 Å². The Kier molecular flexibility index (Phi) is 13.9. The molecule has 0 spiro atoms. The molecule has 1 fully saturated rings. The van der Waals surface area contributed by atoms with Gasteiger partial charge in [0.1, 0.15) is 11.8 Å². The van der Waals surface area contributed by atoms with Crippen molar-refractivity contribution in [2.45, 2.75) is 67.1 Å². The van der Waals surface area contributed by atoms with E-state index in [1.807, 2.05) is 105 Å². The zero-order chi connectivity index (χ0) is 33.8. The number of aliphatic hydroxyl groups excluding tert-OH is 1. The zero-order valence-electron chi connectivity index (χ0n) is 27.5. The van der Waals surface area contributed by atoms with Gasteiger partial charge in [-0.25, -0.2) is 4.79 Å². The monoisotopic (exact) mass is 678 g/mol. The minimum Gasteiger partial charge on any atom is -0.481 e. The number of hydrogen-bond donors (Lipinski definition) is 4. The average Bonchev–Trinajstić information content (AvgIpc) is 3.48. The summed E-state index contributed by atoms with van der Waals surface area (Å²) in [6, 6.07) is 23.3. The van der Waals surface area contributed by atoms with Crippen molar-refractivity contribution in [3.8, 4) is 5.75 Å². The van der Waals surface area contributed by atoms with Gasteiger partial charge in [0.2, 0.25) is 5.91 Å². The molecule has 0 bridgehead atoms. The highest BCUT2D eigenvalue weighted by atomic mass is 32.2. The standard InChI is InChI=1S/C36H46N4O5S2/c1-24(2)33(40-19-18-37-36(40)44)35(43)38-27(20-25-12-7-5-8-13-25)22-29(41)28(21-26-14-9-6-10-15-26)39-32(42)23-45-34-30(46-3)16-11-17-31(34)47-4/h5-17,24,27-29,33,41H,18-23H2,1-4H3,(H,37,44)(H,38,43)(H,39,42)/t27-,28-,29-,33-/m0/s1. The van der Waals surface area contributed by atoms with E-state index in [1.165, 1.54) is 0 Å². The predicted molar refractivity (Wildman–Crippen MR) is 189 cm³/mol. The van der Waals surface area contributed by atoms with E-state index in [4.69, 9.17) is 4.74 Å². The van der Waals surface area contributed by atoms with Crippen LogP contribution in [0.5, 0.6) is 5.75 Å². The number of nitrogens with one attached hydrogen (secondary N) is 3. The Morgan fingerprint density at radius 3 is 2.02 bits per heavy atom. The molecule has 4 atom stereocenters. The number of amides is 4. The average molecular weight is 679 g/mol. The number of hydrogen-bond acceptors (Lipinski definition) is 7. The molecule has 0 aromatic heterocycles. The molecule has 3 aromatic rings. The maximum atomic E-state index is 13.8. The molecule has 0 unspecified atom stereocenters. The second-order valence-electron chi connectivity index (χ2n) is 12.0. The van der Waals surface area contributed by atoms with Crippen molar-refractivity contribution in [3.63, 3.8) is 0 Å². The van der Waals surface area contributed by atoms with E-state index in [-0.39, 0.29) is 36.8 Å². The van der Waals surface area contributed by atoms with Crippen LogP contribution in [0.4, 0.5) is 4.79 Å². The number of urea groups is 1. The molecular weight excluding hydrogens is 633 g/mol. The Morgan fingerprint density at radius 1 is 0.894 bits per heavy atom. The quantitative estimate of drug-likeness (QED) is 0.152. The lowest BCUT2D eigenvalue weighted by atomic mass is 9.93. The fourth-order valence-electron chi connectivity index (χ4n) is 5.89. The number of aliphatic hydroxyl groups is 1. The molecule has 4 amide bonds. The molecule has 47 heavy (non-hydrogen) atoms. The third-order valence-corrected chi connectivity index (χ3v) is 9.69. The second kappa shape index (κ2) is 18.0. The molecule has 1 aliphatic rings. The van der Waals surface area contributed by atoms with Crippen LogP contribution >= 0.6 is 23.5 Å². The van der Waals surface area contributed by atoms with Crippen LogP contribution in [0.1, 0.15) is 31.4 Å². The zero-order valence-corrected chi connectivity index (χ0v) is 29.1. The van der Waals surface area contributed by atoms with Crippen molar-refractivity contribution < 1.29 is 24.2 Å². The molecule has 1 heterocycles. The number of ether oxygens (including phenoxy) is 1. The maximum absolute atomic E-state index is 13.8. The van der Waals surface area contributed by atoms with Gasteiger partial charge in [-0.2, -0.15) is 0 Å². The summed E-state index contributed by atoms with van der Waals surface area (Å²) in [7, 11) is 0. The summed E-state index contributed by atoms with van der Waals surface area (Å²) in [5.74, 6) is -0.0650. The molecule has 1 aliphatic heterocycles. The Hall–Kier alpha value is -3.67. The third kappa shape index (κ3) is 10.4. The molecule has 11 heteroatoms. The van der Waals surface area contributed by atoms with Gasteiger partial charge in [0, 0.05) is 19.1 Å². The van der Waals surface area contributed by atoms with E-state index in [0.29, 0.717) is 31.7 Å². The first-order chi connectivity index (χ1) is 22.7. The summed E-state index contributed by atoms with van der Waals surface area (Å²) in [6.07, 6.45) is 3.97. The van der Waals surface area contributed by atoms with Gasteiger partial charge in [-0.05, 0) is 61.0 Å². The second-order valence-corrected chi connectivity index (χ2v) is 13.7. The molecule has 4 rings (SSSR count). The molecule has 3 aromatic carbocycles. The molecule has 9 nitrogen and oxygen atoms in total. The van der Waals surface area contributed by atoms with Crippen LogP contribution in [-0.4, -0.2) is 84.3 Å². The van der Waals surface area contributed by atoms with Crippen LogP contribution in [0.25, 0.3) is 0 Å². The van der Waals surface area contributed by atoms with Crippen LogP contribution in [0, 0.1) is 5.92 Å². The van der Waals surface area contributed by atoms with E-state index in [0.717, 1.165) is 20.9 Å². The highest BCUT2D eigenvalue weighted by Gasteiger charge is 2.36. The topological polar surface area (TPSA) is 120 Å². The van der Waals surface area contributed by atoms with E-state index in [2.05, 4.69) is 16.0 Å². The lowest BCUT2D eigenvalue weighted by molar-refractivity contribution is -0.128. The molecule has 0 saturated carbocycles. The highest BCUT2D eigenvalue weighted by molar-refractivity contribution is 7.99. The smallest absolute Gasteiger partial charge is 0.318 e. The van der Waals surface area contributed by atoms with Crippen LogP contribution in [-0.2, 0) is 22.4 Å². The number of thioether (sulfide) groups is 2. The Balaban J connectivity index is 1.53. The summed E-state index contributed by atoms with van der Waals surface area (Å²) in [5.41, 5.74) is 1.96. The first-order valence-corrected chi connectivity index (χ1v) is 18.4. The van der Waals surface area contributed by atoms with Gasteiger partial charge in [-0.3, -0.25) is 9.59 Å². The van der Waals surface area contributed by atoms with Crippen LogP contribution < -0.4 is 20.7 Å². The van der Waals surface area contributed by atoms with E-state index >= 15 is 0 Å². The van der Waals surface area contributed by atoms with Crippen molar-refractivity contribution >= 4 is 41.4 Å². The fourth-order valence-corrected chi connectivity index (χ4v) is 7.09. The minimum absolute atomic E-state index is 0.117. The molecule has 1 saturated heterocycles. The van der Waals surface area contributed by atoms with Crippen molar-refractivity contribution in [1.82, 2.24) is 20.9 Å². The lowest BCUT2D eigenvalue weighted by Crippen LogP contribution is -2.55. The normalized spacial score (nSPS) is 15.4. The Bertz CT molecular complexity index is 1440. The van der Waals surface area contributed by atoms with Gasteiger partial charge < -0.3 is 30.7 Å². The van der Waals surface area contributed by atoms with Crippen molar-refractivity contribution in [1.29, 1.82) is 0 Å². The van der Waals surface area contributed by atoms with Gasteiger partial charge in [0.05, 0.1) is 21.9 Å². The lowest BCUT2D eigenvalue weighted by Gasteiger charge is -2.32. The number of nitrogens with zero attached hydrogens (tertiary/aromatic N) is 1. The summed E-state index contributed by atoms with van der Waals surface area (Å²) in [4.78, 5) is 43.1. The van der Waals surface area contributed by atoms with Crippen LogP contribution in [0.15, 0.2) is 88.7 Å². The number of para-hydroxylation sites is 1. The summed E-state index contributed by atoms with van der Waals surface area (Å²) >= 11 is 3.10. The predicted octanol–water partition coefficient (Wildman–Crippen LogP) is 4.77. The molecular formula is C36H46N4O5S2. The fraction of sp³-hybridized carbons (Fsp3) is 0.417. The number of carbonyl (C=O) groups excluding carboxylic acids is 3. The number of benzene rings is 3. The Morgan fingerprint density at radius 2 is 1.49 bits per heavy atom. The Labute approximate surface area is 286 Å². The SMILES string of the molecule is CSc1cccc(SC)c1OCC(=O)N[C@@H](Cc1ccccc1)[C@@H](O)C[C@H](Cc1ccccc1)NC(=O)[C@H](C(C)C)N1CCNC1=O. The first-order valence-electron chi connectivity index (χ1n) is 15.9. The number of carbonyl (C=O) groups is 3. The van der Waals surface area contributed by atoms with Crippen molar-refractivity contribution in [3.05, 3.63) is 90.0 Å². The summed E-state index contributed by atoms with van der Waals surface area (Å²) < 4.78 is 6.03. The van der Waals surface area contributed by atoms with E-state index < -0.39 is 24.2 Å². The van der Waals surface area contributed by atoms with Gasteiger partial charge >= 0.3 is 6.03 Å². The maximum Gasteiger partial charge on any atom is 0.318 e. The molecule has 0 aliphatic carbocycles. The van der Waals surface area contributed by atoms with Gasteiger partial charge in [0.25, 0.3) is 5.91 Å². The van der Waals surface area contributed by atoms with Crippen molar-refractivity contribution in [2.24, 2.45) is 5.92 Å². The van der Waals surface area contributed by atoms with Gasteiger partial charge in [-0.1, -0.05) is 80.6 Å². The summed E-state index contributed by atoms with van der Waals surface area (Å²) in [5, 5.41) is 20.7. The third-order valence-electron chi connectivity index (χ3n) is 8.16. The van der Waals surface area contributed by atoms with Crippen molar-refractivity contribution in [2.75, 3.05) is 32.2 Å². The molecule has 4 N–H and O–H groups in total. The van der Waals surface area contributed by atoms with E-state index in [9.17, 15) is 19.5 Å². The minimum atomic E-state index is -0.999. The van der Waals surface area contributed by atoms with Gasteiger partial charge in [0.15, 0.2) is 6.61 Å². The van der Waals surface area contributed by atoms with E-state index in [1.54, 1.807) is 28.4 Å². The molecule has 252 valence electrons. The van der Waals surface area contributed by atoms with Gasteiger partial charge in [-0.15, -0.1) is 23.5 Å². The van der Waals surface area contributed by atoms with Crippen LogP contribution in [0.2, 0.25) is 0 Å². The largest absolute Gasteiger partial charge is 0.481 e. The molecule has 0 radical (unpaired) electrons. The first kappa shape index (κ1) is 36.2. The highest BCUT2D eigenvalue weighted by Crippen LogP contribution is 2.36. The number of rotatable bonds is 17. The summed E-state index contributed by atoms with van der Waals surface area (Å²) in [6.45, 7) is 4.58.